The monoisotopic (exact) mass is 824 g/mol. The van der Waals surface area contributed by atoms with Gasteiger partial charge in [-0.15, -0.1) is 10.3 Å². The quantitative estimate of drug-likeness (QED) is 0.106. The van der Waals surface area contributed by atoms with Crippen LogP contribution in [0.3, 0.4) is 0 Å². The van der Waals surface area contributed by atoms with Gasteiger partial charge in [-0.1, -0.05) is 48.5 Å². The maximum Gasteiger partial charge on any atom is 0.252 e. The van der Waals surface area contributed by atoms with Crippen LogP contribution in [0.4, 0.5) is 0 Å². The van der Waals surface area contributed by atoms with Crippen molar-refractivity contribution in [3.63, 3.8) is 0 Å². The van der Waals surface area contributed by atoms with Crippen molar-refractivity contribution in [3.05, 3.63) is 60.2 Å². The minimum Gasteiger partial charge on any atom is -0.351 e. The molecule has 1 radical (unpaired) electrons. The molecule has 4 aromatic rings. The van der Waals surface area contributed by atoms with Crippen molar-refractivity contribution in [1.82, 2.24) is 37.0 Å². The Morgan fingerprint density at radius 2 is 0.850 bits per heavy atom. The maximum absolute atomic E-state index is 13.8. The molecule has 323 valence electrons. The lowest BCUT2D eigenvalue weighted by Crippen LogP contribution is -2.69. The first-order chi connectivity index (χ1) is 27.3. The van der Waals surface area contributed by atoms with E-state index in [1.165, 1.54) is 55.4 Å². The Morgan fingerprint density at radius 3 is 1.28 bits per heavy atom. The predicted molar refractivity (Wildman–Crippen MR) is 232 cm³/mol. The van der Waals surface area contributed by atoms with Crippen LogP contribution in [-0.4, -0.2) is 85.3 Å². The van der Waals surface area contributed by atoms with E-state index >= 15 is 0 Å². The van der Waals surface area contributed by atoms with Gasteiger partial charge in [-0.2, -0.15) is 0 Å². The highest BCUT2D eigenvalue weighted by Gasteiger charge is 2.48. The molecule has 1 heterocycles. The zero-order chi connectivity index (χ0) is 45.2. The molecule has 0 unspecified atom stereocenters. The van der Waals surface area contributed by atoms with Crippen LogP contribution in [0.15, 0.2) is 54.6 Å². The molecular formula is C46H62N7O7. The average molecular weight is 825 g/mol. The summed E-state index contributed by atoms with van der Waals surface area (Å²) in [4.78, 5) is 81.9. The minimum absolute atomic E-state index is 0.301. The number of hydroxylamine groups is 2. The summed E-state index contributed by atoms with van der Waals surface area (Å²) in [6.07, 6.45) is 0.854. The third kappa shape index (κ3) is 9.04. The minimum atomic E-state index is -1.57. The Hall–Kier alpha value is -5.34. The Bertz CT molecular complexity index is 2340. The lowest BCUT2D eigenvalue weighted by Gasteiger charge is -2.50. The number of benzene rings is 4. The standard InChI is InChI=1S/C46H62N7O7/c1-40(2)24-29(25-41(3,4)53(40)60)47-35(55)42(5,6)49-37(57)44(9,10)51-39(59)46(13,14)52-38(58)45(11,12)50-36(56)43(7,8)48-34(54)31-23-21-28-19-18-26-16-15-17-27-20-22-30(31)33(28)32(26)27/h15-23,29H,24-25H2,1-14H3,(H,47,55)(H,48,54)(H,49,57)(H,50,56)(H,51,59)(H,52,58). The van der Waals surface area contributed by atoms with Crippen LogP contribution in [0.25, 0.3) is 32.3 Å². The van der Waals surface area contributed by atoms with Crippen molar-refractivity contribution in [2.45, 2.75) is 155 Å². The van der Waals surface area contributed by atoms with Crippen LogP contribution in [0.2, 0.25) is 0 Å². The van der Waals surface area contributed by atoms with E-state index < -0.39 is 74.2 Å². The van der Waals surface area contributed by atoms with Crippen LogP contribution < -0.4 is 31.9 Å². The van der Waals surface area contributed by atoms with Gasteiger partial charge in [0.1, 0.15) is 27.7 Å². The fraction of sp³-hybridized carbons (Fsp3) is 0.522. The second-order valence-corrected chi connectivity index (χ2v) is 20.4. The molecule has 60 heavy (non-hydrogen) atoms. The summed E-state index contributed by atoms with van der Waals surface area (Å²) in [5, 5.41) is 36.4. The molecular weight excluding hydrogens is 763 g/mol. The summed E-state index contributed by atoms with van der Waals surface area (Å²) in [6, 6.07) is 17.3. The maximum atomic E-state index is 13.8. The lowest BCUT2D eigenvalue weighted by molar-refractivity contribution is -0.290. The van der Waals surface area contributed by atoms with Crippen molar-refractivity contribution < 1.29 is 34.0 Å². The van der Waals surface area contributed by atoms with Crippen molar-refractivity contribution in [1.29, 1.82) is 0 Å². The SMILES string of the molecule is CC(C)(NC(=O)c1ccc2ccc3cccc4ccc1c2c34)C(=O)NC(C)(C)C(=O)NC(C)(C)C(=O)NC(C)(C)C(=O)NC(C)(C)C(=O)NC1CC(C)(C)N([O])C(C)(C)C1. The lowest BCUT2D eigenvalue weighted by atomic mass is 9.78. The smallest absolute Gasteiger partial charge is 0.252 e. The van der Waals surface area contributed by atoms with Gasteiger partial charge in [0, 0.05) is 22.7 Å². The highest BCUT2D eigenvalue weighted by atomic mass is 16.5. The molecule has 14 heteroatoms. The molecule has 1 saturated heterocycles. The van der Waals surface area contributed by atoms with Crippen molar-refractivity contribution >= 4 is 67.8 Å². The van der Waals surface area contributed by atoms with Crippen LogP contribution in [-0.2, 0) is 29.2 Å². The van der Waals surface area contributed by atoms with Gasteiger partial charge in [-0.25, -0.2) is 0 Å². The van der Waals surface area contributed by atoms with E-state index in [0.29, 0.717) is 18.4 Å². The average Bonchev–Trinajstić information content (AvgIpc) is 3.11. The third-order valence-corrected chi connectivity index (χ3v) is 11.7. The van der Waals surface area contributed by atoms with Crippen LogP contribution in [0, 0.1) is 0 Å². The van der Waals surface area contributed by atoms with Gasteiger partial charge in [-0.3, -0.25) is 28.8 Å². The summed E-state index contributed by atoms with van der Waals surface area (Å²) in [5.41, 5.74) is -8.51. The van der Waals surface area contributed by atoms with Crippen molar-refractivity contribution in [3.8, 4) is 0 Å². The summed E-state index contributed by atoms with van der Waals surface area (Å²) in [6.45, 7) is 22.3. The molecule has 0 bridgehead atoms. The molecule has 1 aliphatic rings. The van der Waals surface area contributed by atoms with Crippen LogP contribution >= 0.6 is 0 Å². The normalized spacial score (nSPS) is 16.6. The van der Waals surface area contributed by atoms with Gasteiger partial charge >= 0.3 is 0 Å². The zero-order valence-corrected chi connectivity index (χ0v) is 37.5. The number of piperidine rings is 1. The second-order valence-electron chi connectivity index (χ2n) is 20.4. The van der Waals surface area contributed by atoms with E-state index in [-0.39, 0.29) is 6.04 Å². The zero-order valence-electron chi connectivity index (χ0n) is 37.5. The van der Waals surface area contributed by atoms with Gasteiger partial charge in [0.2, 0.25) is 29.5 Å². The second kappa shape index (κ2) is 15.3. The van der Waals surface area contributed by atoms with E-state index in [1.807, 2.05) is 70.2 Å². The Kier molecular flexibility index (Phi) is 11.7. The molecule has 0 atom stereocenters. The highest BCUT2D eigenvalue weighted by molar-refractivity contribution is 6.26. The van der Waals surface area contributed by atoms with Crippen molar-refractivity contribution in [2.24, 2.45) is 0 Å². The number of nitrogens with one attached hydrogen (secondary N) is 6. The van der Waals surface area contributed by atoms with Gasteiger partial charge in [0.15, 0.2) is 0 Å². The molecule has 4 aromatic carbocycles. The molecule has 0 aliphatic carbocycles. The van der Waals surface area contributed by atoms with Gasteiger partial charge in [0.25, 0.3) is 5.91 Å². The molecule has 0 aromatic heterocycles. The molecule has 0 saturated carbocycles. The molecule has 0 spiro atoms. The fourth-order valence-corrected chi connectivity index (χ4v) is 8.06. The Balaban J connectivity index is 1.19. The molecule has 1 fully saturated rings. The molecule has 6 N–H and O–H groups in total. The van der Waals surface area contributed by atoms with Crippen LogP contribution in [0.1, 0.15) is 120 Å². The van der Waals surface area contributed by atoms with E-state index in [2.05, 4.69) is 38.0 Å². The number of rotatable bonds is 12. The van der Waals surface area contributed by atoms with E-state index in [4.69, 9.17) is 0 Å². The summed E-state index contributed by atoms with van der Waals surface area (Å²) < 4.78 is 0. The number of nitrogens with zero attached hydrogens (tertiary/aromatic N) is 1. The van der Waals surface area contributed by atoms with Gasteiger partial charge in [0.05, 0.1) is 0 Å². The third-order valence-electron chi connectivity index (χ3n) is 11.7. The summed E-state index contributed by atoms with van der Waals surface area (Å²) >= 11 is 0. The van der Waals surface area contributed by atoms with E-state index in [0.717, 1.165) is 37.4 Å². The van der Waals surface area contributed by atoms with E-state index in [1.54, 1.807) is 19.9 Å². The van der Waals surface area contributed by atoms with Gasteiger partial charge in [-0.05, 0) is 148 Å². The van der Waals surface area contributed by atoms with Crippen LogP contribution in [0.5, 0.6) is 0 Å². The molecule has 5 rings (SSSR count). The summed E-state index contributed by atoms with van der Waals surface area (Å²) in [5.74, 6) is -3.58. The Labute approximate surface area is 352 Å². The highest BCUT2D eigenvalue weighted by Crippen LogP contribution is 2.38. The van der Waals surface area contributed by atoms with Gasteiger partial charge < -0.3 is 31.9 Å². The first-order valence-electron chi connectivity index (χ1n) is 20.4. The fourth-order valence-electron chi connectivity index (χ4n) is 8.06. The summed E-state index contributed by atoms with van der Waals surface area (Å²) in [7, 11) is 0. The first-order valence-corrected chi connectivity index (χ1v) is 20.4. The first kappa shape index (κ1) is 45.7. The predicted octanol–water partition coefficient (Wildman–Crippen LogP) is 5.15. The largest absolute Gasteiger partial charge is 0.351 e. The number of hydrogen-bond donors (Lipinski definition) is 6. The number of amides is 6. The number of hydrogen-bond acceptors (Lipinski definition) is 7. The topological polar surface area (TPSA) is 198 Å². The molecule has 14 nitrogen and oxygen atoms in total. The molecule has 6 amide bonds. The number of carbonyl (C=O) groups is 6. The van der Waals surface area contributed by atoms with Crippen molar-refractivity contribution in [2.75, 3.05) is 0 Å². The number of carbonyl (C=O) groups excluding carboxylic acids is 6. The molecule has 1 aliphatic heterocycles. The Morgan fingerprint density at radius 1 is 0.500 bits per heavy atom. The van der Waals surface area contributed by atoms with E-state index in [9.17, 15) is 34.0 Å².